The van der Waals surface area contributed by atoms with Gasteiger partial charge in [-0.15, -0.1) is 0 Å². The smallest absolute Gasteiger partial charge is 0.472 e. The molecule has 58 heavy (non-hydrogen) atoms. The molecular formula is C46H78NO10P. The highest BCUT2D eigenvalue weighted by Gasteiger charge is 2.28. The lowest BCUT2D eigenvalue weighted by atomic mass is 10.1. The first kappa shape index (κ1) is 54.9. The predicted octanol–water partition coefficient (Wildman–Crippen LogP) is 11.3. The Morgan fingerprint density at radius 2 is 0.983 bits per heavy atom. The number of carbonyl (C=O) groups is 3. The van der Waals surface area contributed by atoms with Gasteiger partial charge in [0.05, 0.1) is 13.2 Å². The summed E-state index contributed by atoms with van der Waals surface area (Å²) in [5.74, 6) is -2.42. The number of hydrogen-bond donors (Lipinski definition) is 4. The van der Waals surface area contributed by atoms with E-state index in [4.69, 9.17) is 13.8 Å². The monoisotopic (exact) mass is 836 g/mol. The molecule has 0 aromatic heterocycles. The normalized spacial score (nSPS) is 14.4. The number of aliphatic hydroxyl groups is 1. The van der Waals surface area contributed by atoms with E-state index in [-0.39, 0.29) is 12.8 Å². The summed E-state index contributed by atoms with van der Waals surface area (Å²) in [6, 6.07) is -1.56. The van der Waals surface area contributed by atoms with Crippen molar-refractivity contribution in [3.63, 3.8) is 0 Å². The number of phosphoric ester groups is 1. The van der Waals surface area contributed by atoms with E-state index < -0.39 is 57.6 Å². The molecule has 0 spiro atoms. The Labute approximate surface area is 350 Å². The van der Waals surface area contributed by atoms with Crippen molar-refractivity contribution in [2.75, 3.05) is 19.8 Å². The zero-order chi connectivity index (χ0) is 42.8. The summed E-state index contributed by atoms with van der Waals surface area (Å²) in [4.78, 5) is 45.9. The first-order valence-corrected chi connectivity index (χ1v) is 23.5. The van der Waals surface area contributed by atoms with Gasteiger partial charge in [0, 0.05) is 12.8 Å². The lowest BCUT2D eigenvalue weighted by Gasteiger charge is -2.18. The van der Waals surface area contributed by atoms with Gasteiger partial charge in [0.15, 0.2) is 6.04 Å². The number of aliphatic hydroxyl groups excluding tert-OH is 1. The molecule has 0 rings (SSSR count). The number of carboxylic acids is 1. The molecule has 0 aliphatic rings. The van der Waals surface area contributed by atoms with Gasteiger partial charge in [0.25, 0.3) is 0 Å². The van der Waals surface area contributed by atoms with E-state index in [9.17, 15) is 34.1 Å². The van der Waals surface area contributed by atoms with E-state index in [0.717, 1.165) is 103 Å². The summed E-state index contributed by atoms with van der Waals surface area (Å²) in [5, 5.41) is 21.8. The molecule has 0 saturated carbocycles. The molecule has 0 fully saturated rings. The van der Waals surface area contributed by atoms with Crippen molar-refractivity contribution in [2.45, 2.75) is 180 Å². The molecule has 0 radical (unpaired) electrons. The zero-order valence-electron chi connectivity index (χ0n) is 35.8. The third kappa shape index (κ3) is 39.7. The number of unbranched alkanes of at least 4 members (excludes halogenated alkanes) is 14. The van der Waals surface area contributed by atoms with Crippen LogP contribution < -0.4 is 5.32 Å². The Morgan fingerprint density at radius 1 is 0.552 bits per heavy atom. The van der Waals surface area contributed by atoms with Gasteiger partial charge in [0.1, 0.15) is 12.7 Å². The maximum Gasteiger partial charge on any atom is 0.472 e. The molecule has 4 N–H and O–H groups in total. The molecule has 0 aliphatic carbocycles. The Kier molecular flexibility index (Phi) is 38.5. The highest BCUT2D eigenvalue weighted by Crippen LogP contribution is 2.43. The van der Waals surface area contributed by atoms with Crippen LogP contribution in [0.3, 0.4) is 0 Å². The van der Waals surface area contributed by atoms with Crippen molar-refractivity contribution in [2.24, 2.45) is 0 Å². The molecule has 3 atom stereocenters. The van der Waals surface area contributed by atoms with Crippen LogP contribution in [0, 0.1) is 0 Å². The fourth-order valence-electron chi connectivity index (χ4n) is 5.51. The van der Waals surface area contributed by atoms with E-state index in [0.29, 0.717) is 12.8 Å². The highest BCUT2D eigenvalue weighted by atomic mass is 31.2. The van der Waals surface area contributed by atoms with Crippen LogP contribution in [0.2, 0.25) is 0 Å². The van der Waals surface area contributed by atoms with Crippen molar-refractivity contribution < 1.29 is 47.8 Å². The van der Waals surface area contributed by atoms with Gasteiger partial charge < -0.3 is 25.2 Å². The largest absolute Gasteiger partial charge is 0.480 e. The number of hydrogen-bond acceptors (Lipinski definition) is 8. The average molecular weight is 836 g/mol. The Hall–Kier alpha value is -3.08. The van der Waals surface area contributed by atoms with Crippen LogP contribution >= 0.6 is 7.82 Å². The van der Waals surface area contributed by atoms with Crippen molar-refractivity contribution in [1.82, 2.24) is 5.32 Å². The second-order valence-corrected chi connectivity index (χ2v) is 16.0. The summed E-state index contributed by atoms with van der Waals surface area (Å²) in [7, 11) is -4.77. The van der Waals surface area contributed by atoms with E-state index in [1.54, 1.807) is 0 Å². The Bertz CT molecular complexity index is 1260. The lowest BCUT2D eigenvalue weighted by Crippen LogP contribution is -2.43. The number of allylic oxidation sites excluding steroid dienone is 12. The zero-order valence-corrected chi connectivity index (χ0v) is 36.7. The maximum absolute atomic E-state index is 12.3. The van der Waals surface area contributed by atoms with Gasteiger partial charge in [-0.2, -0.15) is 0 Å². The molecule has 3 unspecified atom stereocenters. The Balaban J connectivity index is 3.94. The first-order valence-electron chi connectivity index (χ1n) is 22.0. The second kappa shape index (κ2) is 40.7. The molecule has 0 heterocycles. The molecule has 11 nitrogen and oxygen atoms in total. The molecule has 12 heteroatoms. The van der Waals surface area contributed by atoms with Crippen molar-refractivity contribution in [1.29, 1.82) is 0 Å². The number of amides is 1. The predicted molar refractivity (Wildman–Crippen MR) is 235 cm³/mol. The molecule has 332 valence electrons. The van der Waals surface area contributed by atoms with Crippen LogP contribution in [-0.4, -0.2) is 64.9 Å². The molecule has 0 saturated heterocycles. The van der Waals surface area contributed by atoms with Gasteiger partial charge in [0.2, 0.25) is 5.91 Å². The number of aliphatic carboxylic acids is 1. The lowest BCUT2D eigenvalue weighted by molar-refractivity contribution is -0.147. The maximum atomic E-state index is 12.3. The average Bonchev–Trinajstić information content (AvgIpc) is 3.20. The minimum absolute atomic E-state index is 0.124. The van der Waals surface area contributed by atoms with Crippen LogP contribution in [0.15, 0.2) is 72.9 Å². The topological polar surface area (TPSA) is 169 Å². The summed E-state index contributed by atoms with van der Waals surface area (Å²) < 4.78 is 26.8. The van der Waals surface area contributed by atoms with Crippen molar-refractivity contribution >= 4 is 25.7 Å². The summed E-state index contributed by atoms with van der Waals surface area (Å²) in [5.41, 5.74) is 0. The molecule has 0 aromatic carbocycles. The van der Waals surface area contributed by atoms with Crippen molar-refractivity contribution in [3.05, 3.63) is 72.9 Å². The van der Waals surface area contributed by atoms with E-state index in [1.807, 2.05) is 0 Å². The molecule has 1 amide bonds. The minimum Gasteiger partial charge on any atom is -0.480 e. The van der Waals surface area contributed by atoms with Gasteiger partial charge in [-0.05, 0) is 83.5 Å². The third-order valence-corrected chi connectivity index (χ3v) is 9.90. The third-order valence-electron chi connectivity index (χ3n) is 8.95. The number of nitrogens with one attached hydrogen (secondary N) is 1. The number of rotatable bonds is 40. The number of ether oxygens (including phenoxy) is 1. The summed E-state index contributed by atoms with van der Waals surface area (Å²) in [6.07, 6.45) is 47.8. The van der Waals surface area contributed by atoms with Gasteiger partial charge in [-0.1, -0.05) is 145 Å². The molecule has 0 bridgehead atoms. The van der Waals surface area contributed by atoms with Gasteiger partial charge in [-0.25, -0.2) is 9.36 Å². The number of carboxylic acid groups (broad SMARTS) is 1. The summed E-state index contributed by atoms with van der Waals surface area (Å²) >= 11 is 0. The first-order chi connectivity index (χ1) is 28.1. The minimum atomic E-state index is -4.77. The fourth-order valence-corrected chi connectivity index (χ4v) is 6.28. The van der Waals surface area contributed by atoms with Crippen LogP contribution in [0.5, 0.6) is 0 Å². The van der Waals surface area contributed by atoms with Gasteiger partial charge in [-0.3, -0.25) is 18.6 Å². The Morgan fingerprint density at radius 3 is 1.48 bits per heavy atom. The van der Waals surface area contributed by atoms with Crippen molar-refractivity contribution in [3.8, 4) is 0 Å². The second-order valence-electron chi connectivity index (χ2n) is 14.5. The molecular weight excluding hydrogens is 757 g/mol. The van der Waals surface area contributed by atoms with Gasteiger partial charge >= 0.3 is 19.8 Å². The number of esters is 1. The standard InChI is InChI=1S/C46H78NO10P/c1-3-5-7-9-11-13-15-17-18-19-20-21-22-23-24-26-28-30-32-34-36-38-45(50)55-39-42(48)40-56-58(53,54)57-41-43(46(51)52)47-44(49)37-35-33-31-29-27-25-16-14-12-10-8-6-4-2/h8,10-11,13-14,16-18,20-21,23-24,42-43,48H,3-7,9,12,15,19,22,25-41H2,1-2H3,(H,47,49)(H,51,52)(H,53,54)/b10-8-,13-11-,16-14-,18-17-,21-20-,24-23-. The highest BCUT2D eigenvalue weighted by molar-refractivity contribution is 7.47. The molecule has 0 aliphatic heterocycles. The van der Waals surface area contributed by atoms with Crippen LogP contribution in [0.4, 0.5) is 0 Å². The van der Waals surface area contributed by atoms with E-state index in [1.165, 1.54) is 25.7 Å². The number of phosphoric acid groups is 1. The SMILES string of the molecule is CCC/C=C\C/C=C\CCCCCCCC(=O)NC(COP(=O)(O)OCC(O)COC(=O)CCCCCCC/C=C\C/C=C\C/C=C\C/C=C\CCCCC)C(=O)O. The number of carbonyl (C=O) groups excluding carboxylic acids is 2. The molecule has 0 aromatic rings. The van der Waals surface area contributed by atoms with E-state index >= 15 is 0 Å². The fraction of sp³-hybridized carbons (Fsp3) is 0.674. The van der Waals surface area contributed by atoms with Crippen LogP contribution in [0.1, 0.15) is 168 Å². The summed E-state index contributed by atoms with van der Waals surface area (Å²) in [6.45, 7) is 2.45. The quantitative estimate of drug-likeness (QED) is 0.0202. The van der Waals surface area contributed by atoms with E-state index in [2.05, 4.69) is 92.1 Å². The van der Waals surface area contributed by atoms with Crippen LogP contribution in [-0.2, 0) is 32.7 Å². The van der Waals surface area contributed by atoms with Crippen LogP contribution in [0.25, 0.3) is 0 Å².